The summed E-state index contributed by atoms with van der Waals surface area (Å²) in [6, 6.07) is 5.81. The number of rotatable bonds is 5. The molecule has 1 fully saturated rings. The third kappa shape index (κ3) is 4.15. The Bertz CT molecular complexity index is 1440. The van der Waals surface area contributed by atoms with E-state index >= 15 is 0 Å². The van der Waals surface area contributed by atoms with Crippen LogP contribution in [0, 0.1) is 11.6 Å². The molecule has 4 N–H and O–H groups in total. The molecule has 0 radical (unpaired) electrons. The molecule has 36 heavy (non-hydrogen) atoms. The molecule has 0 aliphatic carbocycles. The molecular formula is C23H19F2N7O4. The van der Waals surface area contributed by atoms with E-state index in [1.54, 1.807) is 18.2 Å². The molecule has 2 aliphatic heterocycles. The smallest absolute Gasteiger partial charge is 0.255 e. The van der Waals surface area contributed by atoms with Crippen LogP contribution in [0.5, 0.6) is 0 Å². The van der Waals surface area contributed by atoms with Crippen LogP contribution in [0.4, 0.5) is 20.2 Å². The van der Waals surface area contributed by atoms with E-state index in [-0.39, 0.29) is 54.7 Å². The van der Waals surface area contributed by atoms with Gasteiger partial charge in [-0.15, -0.1) is 5.10 Å². The highest BCUT2D eigenvalue weighted by atomic mass is 19.2. The van der Waals surface area contributed by atoms with Crippen LogP contribution in [-0.4, -0.2) is 49.6 Å². The predicted octanol–water partition coefficient (Wildman–Crippen LogP) is 1.21. The van der Waals surface area contributed by atoms with E-state index in [0.29, 0.717) is 16.8 Å². The van der Waals surface area contributed by atoms with Crippen LogP contribution in [-0.2, 0) is 27.5 Å². The van der Waals surface area contributed by atoms with Crippen LogP contribution in [0.15, 0.2) is 36.5 Å². The molecule has 1 unspecified atom stereocenters. The summed E-state index contributed by atoms with van der Waals surface area (Å²) in [6.07, 6.45) is 1.73. The fourth-order valence-electron chi connectivity index (χ4n) is 4.32. The Morgan fingerprint density at radius 2 is 1.94 bits per heavy atom. The maximum atomic E-state index is 13.6. The van der Waals surface area contributed by atoms with Gasteiger partial charge >= 0.3 is 0 Å². The zero-order valence-corrected chi connectivity index (χ0v) is 18.6. The summed E-state index contributed by atoms with van der Waals surface area (Å²) in [6.45, 7) is -0.162. The van der Waals surface area contributed by atoms with E-state index in [1.165, 1.54) is 15.8 Å². The number of nitrogens with one attached hydrogen (secondary N) is 2. The number of fused-ring (bicyclic) bond motifs is 1. The van der Waals surface area contributed by atoms with Crippen molar-refractivity contribution in [1.82, 2.24) is 25.2 Å². The highest BCUT2D eigenvalue weighted by Crippen LogP contribution is 2.32. The number of anilines is 2. The molecule has 5 rings (SSSR count). The average Bonchev–Trinajstić information content (AvgIpc) is 3.41. The molecule has 184 valence electrons. The topological polar surface area (TPSA) is 152 Å². The van der Waals surface area contributed by atoms with E-state index in [9.17, 15) is 28.0 Å². The van der Waals surface area contributed by atoms with Crippen LogP contribution in [0.25, 0.3) is 11.3 Å². The molecule has 2 aromatic carbocycles. The fraction of sp³-hybridized carbons (Fsp3) is 0.217. The van der Waals surface area contributed by atoms with Gasteiger partial charge in [0.15, 0.2) is 11.6 Å². The first-order valence-electron chi connectivity index (χ1n) is 10.9. The Morgan fingerprint density at radius 3 is 2.72 bits per heavy atom. The molecule has 13 heteroatoms. The quantitative estimate of drug-likeness (QED) is 0.355. The number of carbonyl (C=O) groups is 4. The summed E-state index contributed by atoms with van der Waals surface area (Å²) in [5, 5.41) is 12.7. The van der Waals surface area contributed by atoms with Gasteiger partial charge in [-0.3, -0.25) is 24.5 Å². The number of carbonyl (C=O) groups excluding carboxylic acids is 4. The standard InChI is InChI=1S/C23H19F2N7O4/c24-14-6-12(16(26)7-15(14)25)18-9-31(30-29-18)10-21(34)27-17-3-1-2-11-13(17)8-32(23(11)36)19-4-5-20(33)28-22(19)35/h1-3,6-7,9,19H,4-5,8,10,26H2,(H,27,34)(H,28,33,35). The van der Waals surface area contributed by atoms with Crippen molar-refractivity contribution in [3.05, 3.63) is 59.3 Å². The molecule has 3 aromatic rings. The van der Waals surface area contributed by atoms with E-state index in [1.807, 2.05) is 0 Å². The van der Waals surface area contributed by atoms with E-state index < -0.39 is 29.5 Å². The monoisotopic (exact) mass is 495 g/mol. The van der Waals surface area contributed by atoms with E-state index in [0.717, 1.165) is 12.1 Å². The Balaban J connectivity index is 1.30. The lowest BCUT2D eigenvalue weighted by atomic mass is 10.0. The summed E-state index contributed by atoms with van der Waals surface area (Å²) in [5.41, 5.74) is 7.30. The van der Waals surface area contributed by atoms with Crippen LogP contribution in [0.2, 0.25) is 0 Å². The third-order valence-corrected chi connectivity index (χ3v) is 6.07. The van der Waals surface area contributed by atoms with Crippen molar-refractivity contribution in [1.29, 1.82) is 0 Å². The maximum Gasteiger partial charge on any atom is 0.255 e. The van der Waals surface area contributed by atoms with Gasteiger partial charge in [0.2, 0.25) is 17.7 Å². The summed E-state index contributed by atoms with van der Waals surface area (Å²) < 4.78 is 28.2. The highest BCUT2D eigenvalue weighted by Gasteiger charge is 2.40. The van der Waals surface area contributed by atoms with Crippen molar-refractivity contribution >= 4 is 35.0 Å². The zero-order valence-electron chi connectivity index (χ0n) is 18.6. The Morgan fingerprint density at radius 1 is 1.17 bits per heavy atom. The number of imide groups is 1. The second-order valence-electron chi connectivity index (χ2n) is 8.43. The lowest BCUT2D eigenvalue weighted by molar-refractivity contribution is -0.137. The maximum absolute atomic E-state index is 13.6. The van der Waals surface area contributed by atoms with Crippen molar-refractivity contribution in [3.8, 4) is 11.3 Å². The largest absolute Gasteiger partial charge is 0.398 e. The van der Waals surface area contributed by atoms with Crippen LogP contribution >= 0.6 is 0 Å². The molecule has 1 aromatic heterocycles. The molecule has 3 heterocycles. The lowest BCUT2D eigenvalue weighted by Crippen LogP contribution is -2.52. The molecule has 0 spiro atoms. The molecule has 2 aliphatic rings. The fourth-order valence-corrected chi connectivity index (χ4v) is 4.32. The van der Waals surface area contributed by atoms with Gasteiger partial charge in [-0.25, -0.2) is 13.5 Å². The minimum atomic E-state index is -1.09. The number of piperidine rings is 1. The average molecular weight is 495 g/mol. The zero-order chi connectivity index (χ0) is 25.6. The molecule has 0 bridgehead atoms. The SMILES string of the molecule is Nc1cc(F)c(F)cc1-c1cn(CC(=O)Nc2cccc3c2CN(C2CCC(=O)NC2=O)C3=O)nn1. The number of nitrogens with zero attached hydrogens (tertiary/aromatic N) is 4. The molecule has 11 nitrogen and oxygen atoms in total. The van der Waals surface area contributed by atoms with Gasteiger partial charge < -0.3 is 16.0 Å². The number of hydrogen-bond donors (Lipinski definition) is 3. The molecule has 1 atom stereocenters. The van der Waals surface area contributed by atoms with Crippen molar-refractivity contribution < 1.29 is 28.0 Å². The summed E-state index contributed by atoms with van der Waals surface area (Å²) in [7, 11) is 0. The van der Waals surface area contributed by atoms with Crippen LogP contribution in [0.3, 0.4) is 0 Å². The molecule has 0 saturated carbocycles. The Hall–Kier alpha value is -4.68. The number of hydrogen-bond acceptors (Lipinski definition) is 7. The number of nitrogens with two attached hydrogens (primary N) is 1. The molecular weight excluding hydrogens is 476 g/mol. The molecule has 1 saturated heterocycles. The lowest BCUT2D eigenvalue weighted by Gasteiger charge is -2.29. The first-order chi connectivity index (χ1) is 17.2. The highest BCUT2D eigenvalue weighted by molar-refractivity contribution is 6.06. The second-order valence-corrected chi connectivity index (χ2v) is 8.43. The van der Waals surface area contributed by atoms with Gasteiger partial charge in [0.1, 0.15) is 18.3 Å². The van der Waals surface area contributed by atoms with Gasteiger partial charge in [0.25, 0.3) is 5.91 Å². The second kappa shape index (κ2) is 8.83. The summed E-state index contributed by atoms with van der Waals surface area (Å²) in [4.78, 5) is 50.7. The van der Waals surface area contributed by atoms with Crippen molar-refractivity contribution in [2.75, 3.05) is 11.1 Å². The number of aromatic nitrogens is 3. The third-order valence-electron chi connectivity index (χ3n) is 6.07. The van der Waals surface area contributed by atoms with E-state index in [2.05, 4.69) is 20.9 Å². The van der Waals surface area contributed by atoms with E-state index in [4.69, 9.17) is 5.73 Å². The minimum absolute atomic E-state index is 0.0320. The predicted molar refractivity (Wildman–Crippen MR) is 121 cm³/mol. The van der Waals surface area contributed by atoms with Gasteiger partial charge in [-0.05, 0) is 24.6 Å². The number of nitrogen functional groups attached to an aromatic ring is 1. The van der Waals surface area contributed by atoms with Crippen molar-refractivity contribution in [2.24, 2.45) is 0 Å². The number of amides is 4. The normalized spacial score (nSPS) is 17.2. The first kappa shape index (κ1) is 23.1. The number of halogens is 2. The Kier molecular flexibility index (Phi) is 5.66. The minimum Gasteiger partial charge on any atom is -0.398 e. The van der Waals surface area contributed by atoms with Crippen molar-refractivity contribution in [3.63, 3.8) is 0 Å². The van der Waals surface area contributed by atoms with Crippen molar-refractivity contribution in [2.45, 2.75) is 32.0 Å². The van der Waals surface area contributed by atoms with Gasteiger partial charge in [0, 0.05) is 47.1 Å². The molecule has 4 amide bonds. The van der Waals surface area contributed by atoms with Crippen LogP contribution in [0.1, 0.15) is 28.8 Å². The van der Waals surface area contributed by atoms with Crippen LogP contribution < -0.4 is 16.4 Å². The summed E-state index contributed by atoms with van der Waals surface area (Å²) in [5.74, 6) is -3.93. The van der Waals surface area contributed by atoms with Gasteiger partial charge in [-0.1, -0.05) is 11.3 Å². The number of benzene rings is 2. The Labute approximate surface area is 202 Å². The van der Waals surface area contributed by atoms with Gasteiger partial charge in [-0.2, -0.15) is 0 Å². The summed E-state index contributed by atoms with van der Waals surface area (Å²) >= 11 is 0. The van der Waals surface area contributed by atoms with Gasteiger partial charge in [0.05, 0.1) is 6.20 Å². The first-order valence-corrected chi connectivity index (χ1v) is 10.9.